The Hall–Kier alpha value is -2.16. The minimum Gasteiger partial charge on any atom is -0.466 e. The Morgan fingerprint density at radius 3 is 1.45 bits per heavy atom. The molecule has 0 atom stereocenters. The Balaban J connectivity index is 4.50. The maximum Gasteiger partial charge on any atom is 0.320 e. The number of carbonyl (C=O) groups excluding carboxylic acids is 4. The van der Waals surface area contributed by atoms with Crippen LogP contribution in [-0.2, 0) is 38.1 Å². The van der Waals surface area contributed by atoms with Crippen molar-refractivity contribution in [3.8, 4) is 0 Å². The first-order chi connectivity index (χ1) is 10.3. The van der Waals surface area contributed by atoms with Gasteiger partial charge in [0.1, 0.15) is 19.4 Å². The summed E-state index contributed by atoms with van der Waals surface area (Å²) < 4.78 is 18.6. The van der Waals surface area contributed by atoms with E-state index in [1.165, 1.54) is 0 Å². The first kappa shape index (κ1) is 19.8. The molecule has 0 aliphatic carbocycles. The molecule has 9 nitrogen and oxygen atoms in total. The van der Waals surface area contributed by atoms with E-state index in [2.05, 4.69) is 9.47 Å². The number of aliphatic hydroxyl groups is 1. The molecule has 0 amide bonds. The molecule has 0 aromatic carbocycles. The summed E-state index contributed by atoms with van der Waals surface area (Å²) in [4.78, 5) is 45.2. The van der Waals surface area contributed by atoms with Crippen LogP contribution in [0.1, 0.15) is 33.6 Å². The molecule has 0 bridgehead atoms. The summed E-state index contributed by atoms with van der Waals surface area (Å²) >= 11 is 0. The molecule has 0 aromatic heterocycles. The molecular weight excluding hydrogens is 300 g/mol. The zero-order chi connectivity index (χ0) is 17.2. The molecule has 0 unspecified atom stereocenters. The highest BCUT2D eigenvalue weighted by molar-refractivity contribution is 5.92. The summed E-state index contributed by atoms with van der Waals surface area (Å²) in [6.45, 7) is 3.58. The van der Waals surface area contributed by atoms with E-state index in [-0.39, 0.29) is 13.2 Å². The molecule has 0 saturated heterocycles. The smallest absolute Gasteiger partial charge is 0.320 e. The van der Waals surface area contributed by atoms with Gasteiger partial charge < -0.3 is 24.1 Å². The van der Waals surface area contributed by atoms with E-state index < -0.39 is 49.1 Å². The molecule has 0 saturated carbocycles. The third-order valence-electron chi connectivity index (χ3n) is 2.13. The van der Waals surface area contributed by atoms with E-state index in [0.29, 0.717) is 0 Å². The first-order valence-electron chi connectivity index (χ1n) is 6.62. The number of ether oxygens (including phenoxy) is 4. The Kier molecular flexibility index (Phi) is 8.76. The number of esters is 4. The molecule has 0 aliphatic rings. The van der Waals surface area contributed by atoms with Gasteiger partial charge >= 0.3 is 23.9 Å². The van der Waals surface area contributed by atoms with Gasteiger partial charge in [-0.1, -0.05) is 0 Å². The van der Waals surface area contributed by atoms with Crippen LogP contribution in [0.5, 0.6) is 0 Å². The van der Waals surface area contributed by atoms with Gasteiger partial charge in [-0.2, -0.15) is 0 Å². The highest BCUT2D eigenvalue weighted by atomic mass is 16.7. The molecule has 0 radical (unpaired) electrons. The van der Waals surface area contributed by atoms with Gasteiger partial charge in [0.15, 0.2) is 0 Å². The van der Waals surface area contributed by atoms with Crippen molar-refractivity contribution < 1.29 is 43.2 Å². The van der Waals surface area contributed by atoms with Crippen LogP contribution in [0.25, 0.3) is 0 Å². The van der Waals surface area contributed by atoms with Crippen LogP contribution < -0.4 is 0 Å². The zero-order valence-electron chi connectivity index (χ0n) is 12.7. The normalized spacial score (nSPS) is 10.5. The van der Waals surface area contributed by atoms with Crippen LogP contribution >= 0.6 is 0 Å². The molecular formula is C13H20O9. The van der Waals surface area contributed by atoms with Crippen LogP contribution in [-0.4, -0.2) is 54.6 Å². The van der Waals surface area contributed by atoms with Crippen molar-refractivity contribution in [2.24, 2.45) is 0 Å². The monoisotopic (exact) mass is 320 g/mol. The molecule has 0 rings (SSSR count). The fourth-order valence-electron chi connectivity index (χ4n) is 1.30. The fraction of sp³-hybridized carbons (Fsp3) is 0.692. The van der Waals surface area contributed by atoms with Gasteiger partial charge in [0.05, 0.1) is 13.2 Å². The minimum absolute atomic E-state index is 0.0951. The second-order valence-corrected chi connectivity index (χ2v) is 4.20. The van der Waals surface area contributed by atoms with Crippen molar-refractivity contribution in [1.29, 1.82) is 0 Å². The number of hydrogen-bond acceptors (Lipinski definition) is 9. The number of rotatable bonds is 9. The van der Waals surface area contributed by atoms with Gasteiger partial charge in [-0.05, 0) is 13.8 Å². The van der Waals surface area contributed by atoms with Crippen molar-refractivity contribution in [2.45, 2.75) is 39.4 Å². The highest BCUT2D eigenvalue weighted by Crippen LogP contribution is 2.14. The van der Waals surface area contributed by atoms with Crippen molar-refractivity contribution >= 4 is 23.9 Å². The van der Waals surface area contributed by atoms with Crippen LogP contribution in [0.4, 0.5) is 0 Å². The minimum atomic E-state index is -2.01. The maximum atomic E-state index is 11.5. The Labute approximate surface area is 127 Å². The lowest BCUT2D eigenvalue weighted by atomic mass is 10.3. The van der Waals surface area contributed by atoms with Gasteiger partial charge in [0.2, 0.25) is 0 Å². The summed E-state index contributed by atoms with van der Waals surface area (Å²) in [5, 5.41) is 9.17. The van der Waals surface area contributed by atoms with Crippen molar-refractivity contribution in [2.75, 3.05) is 19.8 Å². The molecule has 0 aromatic rings. The molecule has 0 aliphatic heterocycles. The number of carbonyl (C=O) groups is 4. The largest absolute Gasteiger partial charge is 0.466 e. The van der Waals surface area contributed by atoms with Gasteiger partial charge in [-0.15, -0.1) is 0 Å². The predicted molar refractivity (Wildman–Crippen MR) is 70.2 cm³/mol. The average molecular weight is 320 g/mol. The fourth-order valence-corrected chi connectivity index (χ4v) is 1.30. The van der Waals surface area contributed by atoms with Crippen LogP contribution in [0, 0.1) is 0 Å². The topological polar surface area (TPSA) is 125 Å². The lowest BCUT2D eigenvalue weighted by molar-refractivity contribution is -0.233. The third-order valence-corrected chi connectivity index (χ3v) is 2.13. The third kappa shape index (κ3) is 8.20. The maximum absolute atomic E-state index is 11.5. The number of hydrogen-bond donors (Lipinski definition) is 1. The molecule has 0 heterocycles. The summed E-state index contributed by atoms with van der Waals surface area (Å²) in [6.07, 6.45) is -1.39. The van der Waals surface area contributed by atoms with E-state index in [4.69, 9.17) is 9.47 Å². The summed E-state index contributed by atoms with van der Waals surface area (Å²) in [7, 11) is 0. The molecule has 22 heavy (non-hydrogen) atoms. The average Bonchev–Trinajstić information content (AvgIpc) is 2.38. The van der Waals surface area contributed by atoms with Crippen LogP contribution in [0.3, 0.4) is 0 Å². The standard InChI is InChI=1S/C13H20O9/c1-4-19-9(15)6-11(17)21-13(3,8-14)22-12(18)7-10(16)20-5-2/h14H,4-8H2,1-3H3. The Morgan fingerprint density at radius 2 is 1.18 bits per heavy atom. The Morgan fingerprint density at radius 1 is 0.818 bits per heavy atom. The van der Waals surface area contributed by atoms with Gasteiger partial charge in [0, 0.05) is 6.92 Å². The summed E-state index contributed by atoms with van der Waals surface area (Å²) in [6, 6.07) is 0. The zero-order valence-corrected chi connectivity index (χ0v) is 12.7. The molecule has 126 valence electrons. The quantitative estimate of drug-likeness (QED) is 0.263. The van der Waals surface area contributed by atoms with Crippen molar-refractivity contribution in [1.82, 2.24) is 0 Å². The van der Waals surface area contributed by atoms with E-state index in [0.717, 1.165) is 6.92 Å². The summed E-state index contributed by atoms with van der Waals surface area (Å²) in [5.74, 6) is -5.72. The van der Waals surface area contributed by atoms with Gasteiger partial charge in [-0.3, -0.25) is 19.2 Å². The SMILES string of the molecule is CCOC(=O)CC(=O)OC(C)(CO)OC(=O)CC(=O)OCC. The Bertz CT molecular complexity index is 382. The lowest BCUT2D eigenvalue weighted by Crippen LogP contribution is -2.41. The summed E-state index contributed by atoms with van der Waals surface area (Å²) in [5.41, 5.74) is 0. The van der Waals surface area contributed by atoms with E-state index in [1.807, 2.05) is 0 Å². The lowest BCUT2D eigenvalue weighted by Gasteiger charge is -2.26. The van der Waals surface area contributed by atoms with Gasteiger partial charge in [0.25, 0.3) is 5.79 Å². The molecule has 9 heteroatoms. The van der Waals surface area contributed by atoms with Crippen molar-refractivity contribution in [3.63, 3.8) is 0 Å². The second kappa shape index (κ2) is 9.72. The molecule has 0 spiro atoms. The van der Waals surface area contributed by atoms with Crippen molar-refractivity contribution in [3.05, 3.63) is 0 Å². The van der Waals surface area contributed by atoms with E-state index in [9.17, 15) is 24.3 Å². The molecule has 1 N–H and O–H groups in total. The van der Waals surface area contributed by atoms with Crippen LogP contribution in [0.2, 0.25) is 0 Å². The van der Waals surface area contributed by atoms with E-state index in [1.54, 1.807) is 13.8 Å². The highest BCUT2D eigenvalue weighted by Gasteiger charge is 2.34. The van der Waals surface area contributed by atoms with E-state index >= 15 is 0 Å². The van der Waals surface area contributed by atoms with Gasteiger partial charge in [-0.25, -0.2) is 0 Å². The number of aliphatic hydroxyl groups excluding tert-OH is 1. The first-order valence-corrected chi connectivity index (χ1v) is 6.62. The predicted octanol–water partition coefficient (Wildman–Crippen LogP) is -0.312. The molecule has 0 fully saturated rings. The second-order valence-electron chi connectivity index (χ2n) is 4.20. The van der Waals surface area contributed by atoms with Crippen LogP contribution in [0.15, 0.2) is 0 Å².